The molecule has 3 aromatic rings. The van der Waals surface area contributed by atoms with Gasteiger partial charge in [-0.15, -0.1) is 0 Å². The van der Waals surface area contributed by atoms with Crippen LogP contribution in [0.3, 0.4) is 0 Å². The monoisotopic (exact) mass is 605 g/mol. The Labute approximate surface area is 263 Å². The van der Waals surface area contributed by atoms with Crippen molar-refractivity contribution < 1.29 is 24.2 Å². The second-order valence-corrected chi connectivity index (χ2v) is 12.7. The minimum atomic E-state index is -1.36. The van der Waals surface area contributed by atoms with Gasteiger partial charge in [0.25, 0.3) is 5.91 Å². The first kappa shape index (κ1) is 29.4. The summed E-state index contributed by atoms with van der Waals surface area (Å²) in [4.78, 5) is 49.0. The van der Waals surface area contributed by atoms with Crippen LogP contribution >= 0.6 is 0 Å². The SMILES string of the molecule is CC[C@H](C)[C@H](CO)N1C(=O)[C@@H]2[C@@H]3C(=O)N(Cc4ccccc4)CC=C[C@@H]3O[C@@]23C=CCN(c2ccc4ccccc4c2)C(=O)C13. The zero-order valence-corrected chi connectivity index (χ0v) is 25.7. The first-order valence-corrected chi connectivity index (χ1v) is 16.0. The number of likely N-dealkylation sites (tertiary alicyclic amines) is 1. The molecule has 0 aromatic heterocycles. The lowest BCUT2D eigenvalue weighted by molar-refractivity contribution is -0.148. The van der Waals surface area contributed by atoms with Crippen LogP contribution in [0.15, 0.2) is 97.1 Å². The molecule has 1 unspecified atom stereocenters. The van der Waals surface area contributed by atoms with Crippen LogP contribution in [0, 0.1) is 17.8 Å². The predicted octanol–water partition coefficient (Wildman–Crippen LogP) is 4.33. The average Bonchev–Trinajstić information content (AvgIpc) is 3.38. The molecule has 0 aliphatic carbocycles. The maximum absolute atomic E-state index is 14.9. The largest absolute Gasteiger partial charge is 0.394 e. The highest BCUT2D eigenvalue weighted by molar-refractivity contribution is 6.06. The molecule has 3 amide bonds. The number of fused-ring (bicyclic) bond motifs is 3. The van der Waals surface area contributed by atoms with Crippen molar-refractivity contribution in [3.05, 3.63) is 103 Å². The number of aliphatic hydroxyl groups excluding tert-OH is 1. The van der Waals surface area contributed by atoms with Crippen LogP contribution in [-0.4, -0.2) is 76.1 Å². The lowest BCUT2D eigenvalue weighted by atomic mass is 9.77. The van der Waals surface area contributed by atoms with Gasteiger partial charge in [0.1, 0.15) is 11.6 Å². The molecule has 7 rings (SSSR count). The summed E-state index contributed by atoms with van der Waals surface area (Å²) in [7, 11) is 0. The van der Waals surface area contributed by atoms with Crippen LogP contribution in [0.25, 0.3) is 10.8 Å². The zero-order valence-electron chi connectivity index (χ0n) is 25.7. The normalized spacial score (nSPS) is 29.0. The van der Waals surface area contributed by atoms with Gasteiger partial charge in [0.2, 0.25) is 11.8 Å². The molecule has 0 radical (unpaired) electrons. The predicted molar refractivity (Wildman–Crippen MR) is 172 cm³/mol. The van der Waals surface area contributed by atoms with Crippen molar-refractivity contribution in [3.8, 4) is 0 Å². The lowest BCUT2D eigenvalue weighted by Crippen LogP contribution is -2.59. The molecule has 4 heterocycles. The summed E-state index contributed by atoms with van der Waals surface area (Å²) in [6.45, 7) is 4.80. The molecule has 8 heteroatoms. The summed E-state index contributed by atoms with van der Waals surface area (Å²) in [6, 6.07) is 22.0. The number of carbonyl (C=O) groups is 3. The summed E-state index contributed by atoms with van der Waals surface area (Å²) >= 11 is 0. The summed E-state index contributed by atoms with van der Waals surface area (Å²) in [6.07, 6.45) is 7.63. The second kappa shape index (κ2) is 11.6. The lowest BCUT2D eigenvalue weighted by Gasteiger charge is -2.40. The van der Waals surface area contributed by atoms with Crippen molar-refractivity contribution in [2.24, 2.45) is 17.8 Å². The van der Waals surface area contributed by atoms with Gasteiger partial charge < -0.3 is 24.5 Å². The third kappa shape index (κ3) is 4.70. The Kier molecular flexibility index (Phi) is 7.58. The number of hydrogen-bond donors (Lipinski definition) is 1. The Balaban J connectivity index is 1.32. The maximum Gasteiger partial charge on any atom is 0.253 e. The minimum Gasteiger partial charge on any atom is -0.394 e. The van der Waals surface area contributed by atoms with Crippen molar-refractivity contribution in [1.82, 2.24) is 9.80 Å². The molecular weight excluding hydrogens is 566 g/mol. The summed E-state index contributed by atoms with van der Waals surface area (Å²) < 4.78 is 6.83. The van der Waals surface area contributed by atoms with Crippen LogP contribution in [0.1, 0.15) is 25.8 Å². The molecule has 7 atom stereocenters. The van der Waals surface area contributed by atoms with E-state index in [9.17, 15) is 19.5 Å². The summed E-state index contributed by atoms with van der Waals surface area (Å²) in [5.41, 5.74) is 0.361. The Morgan fingerprint density at radius 2 is 1.67 bits per heavy atom. The van der Waals surface area contributed by atoms with E-state index >= 15 is 0 Å². The van der Waals surface area contributed by atoms with Gasteiger partial charge in [-0.05, 0) is 34.4 Å². The van der Waals surface area contributed by atoms with Gasteiger partial charge in [-0.3, -0.25) is 14.4 Å². The Morgan fingerprint density at radius 1 is 0.911 bits per heavy atom. The van der Waals surface area contributed by atoms with Crippen LogP contribution in [0.2, 0.25) is 0 Å². The fraction of sp³-hybridized carbons (Fsp3) is 0.378. The van der Waals surface area contributed by atoms with Gasteiger partial charge in [0.15, 0.2) is 0 Å². The molecular formula is C37H39N3O5. The number of hydrogen-bond acceptors (Lipinski definition) is 5. The quantitative estimate of drug-likeness (QED) is 0.405. The molecule has 1 spiro atoms. The number of ether oxygens (including phenoxy) is 1. The molecule has 0 saturated carbocycles. The van der Waals surface area contributed by atoms with Gasteiger partial charge in [-0.2, -0.15) is 0 Å². The molecule has 4 aliphatic heterocycles. The number of nitrogens with zero attached hydrogens (tertiary/aromatic N) is 3. The summed E-state index contributed by atoms with van der Waals surface area (Å²) in [5.74, 6) is -2.54. The fourth-order valence-corrected chi connectivity index (χ4v) is 7.82. The van der Waals surface area contributed by atoms with Crippen LogP contribution < -0.4 is 4.90 Å². The summed E-state index contributed by atoms with van der Waals surface area (Å²) in [5, 5.41) is 12.8. The third-order valence-electron chi connectivity index (χ3n) is 10.3. The number of anilines is 1. The molecule has 2 fully saturated rings. The average molecular weight is 606 g/mol. The Hall–Kier alpha value is -4.27. The second-order valence-electron chi connectivity index (χ2n) is 12.7. The number of benzene rings is 3. The van der Waals surface area contributed by atoms with E-state index in [1.165, 1.54) is 0 Å². The van der Waals surface area contributed by atoms with E-state index in [-0.39, 0.29) is 30.2 Å². The topological polar surface area (TPSA) is 90.4 Å². The van der Waals surface area contributed by atoms with E-state index in [2.05, 4.69) is 0 Å². The van der Waals surface area contributed by atoms with Crippen molar-refractivity contribution in [2.75, 3.05) is 24.6 Å². The van der Waals surface area contributed by atoms with E-state index in [1.807, 2.05) is 111 Å². The number of carbonyl (C=O) groups excluding carboxylic acids is 3. The highest BCUT2D eigenvalue weighted by atomic mass is 16.5. The van der Waals surface area contributed by atoms with Gasteiger partial charge >= 0.3 is 0 Å². The van der Waals surface area contributed by atoms with Gasteiger partial charge in [0.05, 0.1) is 30.6 Å². The van der Waals surface area contributed by atoms with E-state index in [0.717, 1.165) is 22.0 Å². The van der Waals surface area contributed by atoms with Crippen molar-refractivity contribution in [1.29, 1.82) is 0 Å². The molecule has 2 saturated heterocycles. The molecule has 3 aromatic carbocycles. The van der Waals surface area contributed by atoms with Crippen molar-refractivity contribution in [3.63, 3.8) is 0 Å². The first-order valence-electron chi connectivity index (χ1n) is 16.0. The third-order valence-corrected chi connectivity index (χ3v) is 10.3. The maximum atomic E-state index is 14.9. The smallest absolute Gasteiger partial charge is 0.253 e. The molecule has 8 nitrogen and oxygen atoms in total. The van der Waals surface area contributed by atoms with Crippen molar-refractivity contribution in [2.45, 2.75) is 50.6 Å². The number of amides is 3. The molecule has 4 aliphatic rings. The highest BCUT2D eigenvalue weighted by Gasteiger charge is 2.72. The highest BCUT2D eigenvalue weighted by Crippen LogP contribution is 2.54. The van der Waals surface area contributed by atoms with Crippen LogP contribution in [0.4, 0.5) is 5.69 Å². The standard InChI is InChI=1S/C37H39N3O5/c1-3-24(2)29(23-41)40-33-36(44)39(28-17-16-26-13-7-8-14-27(26)21-28)20-10-18-37(33)32(35(40)43)31-30(45-37)15-9-19-38(34(31)42)22-25-11-5-4-6-12-25/h4-18,21,24,29-33,41H,3,19-20,22-23H2,1-2H3/t24-,29-,30-,31+,32-,33?,37-/m0/s1. The zero-order chi connectivity index (χ0) is 31.3. The van der Waals surface area contributed by atoms with E-state index in [4.69, 9.17) is 4.74 Å². The molecule has 45 heavy (non-hydrogen) atoms. The first-order chi connectivity index (χ1) is 21.9. The minimum absolute atomic E-state index is 0.0842. The van der Waals surface area contributed by atoms with E-state index in [1.54, 1.807) is 14.7 Å². The van der Waals surface area contributed by atoms with E-state index in [0.29, 0.717) is 26.1 Å². The van der Waals surface area contributed by atoms with Gasteiger partial charge in [-0.25, -0.2) is 0 Å². The van der Waals surface area contributed by atoms with Crippen LogP contribution in [-0.2, 0) is 25.7 Å². The Bertz CT molecular complexity index is 1690. The fourth-order valence-electron chi connectivity index (χ4n) is 7.82. The number of rotatable bonds is 7. The molecule has 0 bridgehead atoms. The van der Waals surface area contributed by atoms with Gasteiger partial charge in [0, 0.05) is 25.3 Å². The number of aliphatic hydroxyl groups is 1. The van der Waals surface area contributed by atoms with Crippen LogP contribution in [0.5, 0.6) is 0 Å². The van der Waals surface area contributed by atoms with Gasteiger partial charge in [-0.1, -0.05) is 105 Å². The molecule has 232 valence electrons. The van der Waals surface area contributed by atoms with E-state index < -0.39 is 35.6 Å². The molecule has 1 N–H and O–H groups in total. The van der Waals surface area contributed by atoms with Crippen molar-refractivity contribution >= 4 is 34.2 Å². The Morgan fingerprint density at radius 3 is 2.42 bits per heavy atom.